The van der Waals surface area contributed by atoms with Crippen LogP contribution in [0.25, 0.3) is 0 Å². The summed E-state index contributed by atoms with van der Waals surface area (Å²) in [5.41, 5.74) is 1.56. The van der Waals surface area contributed by atoms with E-state index in [2.05, 4.69) is 11.4 Å². The van der Waals surface area contributed by atoms with Gasteiger partial charge in [0, 0.05) is 13.1 Å². The van der Waals surface area contributed by atoms with Crippen LogP contribution in [0, 0.1) is 11.3 Å². The molecule has 15 heavy (non-hydrogen) atoms. The minimum Gasteiger partial charge on any atom is -0.495 e. The summed E-state index contributed by atoms with van der Waals surface area (Å²) >= 11 is 0. The van der Waals surface area contributed by atoms with Gasteiger partial charge in [-0.2, -0.15) is 5.26 Å². The molecule has 0 atom stereocenters. The van der Waals surface area contributed by atoms with Crippen molar-refractivity contribution in [1.29, 1.82) is 5.26 Å². The number of ether oxygens (including phenoxy) is 1. The van der Waals surface area contributed by atoms with Gasteiger partial charge in [-0.25, -0.2) is 0 Å². The first kappa shape index (κ1) is 11.5. The number of rotatable bonds is 5. The van der Waals surface area contributed by atoms with Crippen molar-refractivity contribution in [2.75, 3.05) is 20.3 Å². The van der Waals surface area contributed by atoms with Crippen LogP contribution in [-0.4, -0.2) is 25.4 Å². The predicted octanol–water partition coefficient (Wildman–Crippen LogP) is 0.649. The van der Waals surface area contributed by atoms with Gasteiger partial charge < -0.3 is 15.2 Å². The number of nitrogens with one attached hydrogen (secondary N) is 1. The lowest BCUT2D eigenvalue weighted by Crippen LogP contribution is -2.17. The average Bonchev–Trinajstić information content (AvgIpc) is 2.29. The average molecular weight is 206 g/mol. The molecule has 4 heteroatoms. The molecule has 0 aliphatic carbocycles. The molecule has 0 unspecified atom stereocenters. The summed E-state index contributed by atoms with van der Waals surface area (Å²) < 4.78 is 5.08. The third-order valence-electron chi connectivity index (χ3n) is 2.00. The van der Waals surface area contributed by atoms with Crippen molar-refractivity contribution >= 4 is 0 Å². The van der Waals surface area contributed by atoms with Gasteiger partial charge in [0.05, 0.1) is 19.3 Å². The van der Waals surface area contributed by atoms with E-state index in [1.165, 1.54) is 0 Å². The fourth-order valence-electron chi connectivity index (χ4n) is 1.25. The minimum absolute atomic E-state index is 0.118. The minimum atomic E-state index is 0.118. The third-order valence-corrected chi connectivity index (χ3v) is 2.00. The van der Waals surface area contributed by atoms with Crippen LogP contribution in [0.2, 0.25) is 0 Å². The highest BCUT2D eigenvalue weighted by molar-refractivity contribution is 5.45. The zero-order valence-corrected chi connectivity index (χ0v) is 8.66. The smallest absolute Gasteiger partial charge is 0.136 e. The Bertz CT molecular complexity index is 358. The lowest BCUT2D eigenvalue weighted by molar-refractivity contribution is 0.292. The normalized spacial score (nSPS) is 9.67. The quantitative estimate of drug-likeness (QED) is 0.694. The molecular formula is C11H14N2O2. The van der Waals surface area contributed by atoms with Gasteiger partial charge in [-0.1, -0.05) is 6.07 Å². The zero-order valence-electron chi connectivity index (χ0n) is 8.66. The molecule has 4 nitrogen and oxygen atoms in total. The monoisotopic (exact) mass is 206 g/mol. The third kappa shape index (κ3) is 3.24. The number of aliphatic hydroxyl groups excluding tert-OH is 1. The van der Waals surface area contributed by atoms with Crippen molar-refractivity contribution in [3.05, 3.63) is 29.3 Å². The summed E-state index contributed by atoms with van der Waals surface area (Å²) in [5, 5.41) is 20.4. The predicted molar refractivity (Wildman–Crippen MR) is 56.5 cm³/mol. The molecule has 1 rings (SSSR count). The van der Waals surface area contributed by atoms with E-state index in [1.807, 2.05) is 12.1 Å². The molecule has 1 aromatic rings. The first-order valence-corrected chi connectivity index (χ1v) is 4.70. The van der Waals surface area contributed by atoms with Gasteiger partial charge in [0.1, 0.15) is 11.8 Å². The lowest BCUT2D eigenvalue weighted by Gasteiger charge is -2.06. The topological polar surface area (TPSA) is 65.3 Å². The number of hydrogen-bond donors (Lipinski definition) is 2. The molecule has 0 radical (unpaired) electrons. The van der Waals surface area contributed by atoms with Crippen LogP contribution in [0.15, 0.2) is 18.2 Å². The van der Waals surface area contributed by atoms with Gasteiger partial charge in [0.2, 0.25) is 0 Å². The number of hydrogen-bond acceptors (Lipinski definition) is 4. The fraction of sp³-hybridized carbons (Fsp3) is 0.364. The molecule has 2 N–H and O–H groups in total. The van der Waals surface area contributed by atoms with Gasteiger partial charge in [-0.15, -0.1) is 0 Å². The SMILES string of the molecule is COc1cc(CNCCO)ccc1C#N. The lowest BCUT2D eigenvalue weighted by atomic mass is 10.1. The van der Waals surface area contributed by atoms with Gasteiger partial charge in [0.25, 0.3) is 0 Å². The van der Waals surface area contributed by atoms with Crippen LogP contribution in [0.3, 0.4) is 0 Å². The molecule has 80 valence electrons. The first-order chi connectivity index (χ1) is 7.31. The zero-order chi connectivity index (χ0) is 11.1. The number of nitrogens with zero attached hydrogens (tertiary/aromatic N) is 1. The van der Waals surface area contributed by atoms with Crippen molar-refractivity contribution < 1.29 is 9.84 Å². The molecule has 1 aromatic carbocycles. The number of aliphatic hydroxyl groups is 1. The van der Waals surface area contributed by atoms with Crippen LogP contribution < -0.4 is 10.1 Å². The van der Waals surface area contributed by atoms with Crippen LogP contribution >= 0.6 is 0 Å². The summed E-state index contributed by atoms with van der Waals surface area (Å²) in [6, 6.07) is 7.48. The molecule has 0 heterocycles. The molecule has 0 bridgehead atoms. The molecule has 0 aromatic heterocycles. The maximum atomic E-state index is 8.78. The van der Waals surface area contributed by atoms with Gasteiger partial charge in [-0.05, 0) is 17.7 Å². The van der Waals surface area contributed by atoms with Crippen LogP contribution in [-0.2, 0) is 6.54 Å². The Balaban J connectivity index is 2.71. The Morgan fingerprint density at radius 2 is 2.33 bits per heavy atom. The molecular weight excluding hydrogens is 192 g/mol. The molecule has 0 aliphatic heterocycles. The molecule has 0 aliphatic rings. The van der Waals surface area contributed by atoms with E-state index in [0.717, 1.165) is 5.56 Å². The largest absolute Gasteiger partial charge is 0.495 e. The molecule has 0 saturated carbocycles. The Morgan fingerprint density at radius 3 is 2.93 bits per heavy atom. The van der Waals surface area contributed by atoms with Crippen LogP contribution in [0.4, 0.5) is 0 Å². The van der Waals surface area contributed by atoms with Crippen molar-refractivity contribution in [3.8, 4) is 11.8 Å². The van der Waals surface area contributed by atoms with Gasteiger partial charge in [0.15, 0.2) is 0 Å². The highest BCUT2D eigenvalue weighted by atomic mass is 16.5. The van der Waals surface area contributed by atoms with E-state index in [9.17, 15) is 0 Å². The van der Waals surface area contributed by atoms with E-state index in [-0.39, 0.29) is 6.61 Å². The maximum Gasteiger partial charge on any atom is 0.136 e. The molecule has 0 fully saturated rings. The molecule has 0 spiro atoms. The fourth-order valence-corrected chi connectivity index (χ4v) is 1.25. The van der Waals surface area contributed by atoms with Crippen LogP contribution in [0.5, 0.6) is 5.75 Å². The first-order valence-electron chi connectivity index (χ1n) is 4.70. The molecule has 0 amide bonds. The Labute approximate surface area is 89.1 Å². The Morgan fingerprint density at radius 1 is 1.53 bits per heavy atom. The highest BCUT2D eigenvalue weighted by Gasteiger charge is 2.02. The summed E-state index contributed by atoms with van der Waals surface area (Å²) in [6.45, 7) is 1.33. The van der Waals surface area contributed by atoms with Crippen molar-refractivity contribution in [2.24, 2.45) is 0 Å². The standard InChI is InChI=1S/C11H14N2O2/c1-15-11-6-9(8-13-4-5-14)2-3-10(11)7-12/h2-3,6,13-14H,4-5,8H2,1H3. The second kappa shape index (κ2) is 6.02. The van der Waals surface area contributed by atoms with E-state index >= 15 is 0 Å². The number of methoxy groups -OCH3 is 1. The summed E-state index contributed by atoms with van der Waals surface area (Å²) in [4.78, 5) is 0. The van der Waals surface area contributed by atoms with Gasteiger partial charge in [-0.3, -0.25) is 0 Å². The van der Waals surface area contributed by atoms with Crippen molar-refractivity contribution in [1.82, 2.24) is 5.32 Å². The number of nitriles is 1. The van der Waals surface area contributed by atoms with Crippen molar-refractivity contribution in [2.45, 2.75) is 6.54 Å². The van der Waals surface area contributed by atoms with Gasteiger partial charge >= 0.3 is 0 Å². The highest BCUT2D eigenvalue weighted by Crippen LogP contribution is 2.18. The summed E-state index contributed by atoms with van der Waals surface area (Å²) in [6.07, 6.45) is 0. The second-order valence-electron chi connectivity index (χ2n) is 3.05. The van der Waals surface area contributed by atoms with E-state index < -0.39 is 0 Å². The van der Waals surface area contributed by atoms with E-state index in [1.54, 1.807) is 13.2 Å². The van der Waals surface area contributed by atoms with Crippen LogP contribution in [0.1, 0.15) is 11.1 Å². The summed E-state index contributed by atoms with van der Waals surface area (Å²) in [5.74, 6) is 0.584. The van der Waals surface area contributed by atoms with E-state index in [0.29, 0.717) is 24.4 Å². The van der Waals surface area contributed by atoms with Crippen molar-refractivity contribution in [3.63, 3.8) is 0 Å². The molecule has 0 saturated heterocycles. The summed E-state index contributed by atoms with van der Waals surface area (Å²) in [7, 11) is 1.54. The second-order valence-corrected chi connectivity index (χ2v) is 3.05. The Kier molecular flexibility index (Phi) is 4.61. The van der Waals surface area contributed by atoms with E-state index in [4.69, 9.17) is 15.1 Å². The Hall–Kier alpha value is -1.57. The number of benzene rings is 1. The maximum absolute atomic E-state index is 8.78.